The van der Waals surface area contributed by atoms with Gasteiger partial charge in [-0.3, -0.25) is 4.90 Å². The van der Waals surface area contributed by atoms with E-state index >= 15 is 4.39 Å². The summed E-state index contributed by atoms with van der Waals surface area (Å²) in [5.74, 6) is -0.0559. The number of benzene rings is 1. The van der Waals surface area contributed by atoms with E-state index in [1.54, 1.807) is 6.07 Å². The molecule has 4 saturated heterocycles. The van der Waals surface area contributed by atoms with Gasteiger partial charge < -0.3 is 14.5 Å². The molecule has 5 heteroatoms. The first kappa shape index (κ1) is 18.7. The van der Waals surface area contributed by atoms with Crippen LogP contribution in [0.1, 0.15) is 45.4 Å². The quantitative estimate of drug-likeness (QED) is 0.783. The molecule has 4 nitrogen and oxygen atoms in total. The van der Waals surface area contributed by atoms with Gasteiger partial charge >= 0.3 is 0 Å². The Morgan fingerprint density at radius 3 is 2.64 bits per heavy atom. The molecule has 4 heterocycles. The van der Waals surface area contributed by atoms with Gasteiger partial charge in [0, 0.05) is 57.2 Å². The molecule has 0 bridgehead atoms. The van der Waals surface area contributed by atoms with Crippen LogP contribution < -0.4 is 9.80 Å². The summed E-state index contributed by atoms with van der Waals surface area (Å²) < 4.78 is 20.6. The average Bonchev–Trinajstić information content (AvgIpc) is 3.43. The molecule has 1 aromatic carbocycles. The summed E-state index contributed by atoms with van der Waals surface area (Å²) in [5, 5.41) is 0. The summed E-state index contributed by atoms with van der Waals surface area (Å²) in [7, 11) is 0. The van der Waals surface area contributed by atoms with E-state index in [0.717, 1.165) is 63.6 Å². The highest BCUT2D eigenvalue weighted by Crippen LogP contribution is 2.42. The molecule has 1 spiro atoms. The molecule has 154 valence electrons. The highest BCUT2D eigenvalue weighted by Gasteiger charge is 2.40. The largest absolute Gasteiger partial charge is 0.381 e. The van der Waals surface area contributed by atoms with Crippen LogP contribution >= 0.6 is 0 Å². The molecule has 4 aliphatic rings. The number of halogens is 1. The smallest absolute Gasteiger partial charge is 0.148 e. The van der Waals surface area contributed by atoms with Crippen molar-refractivity contribution >= 4 is 11.4 Å². The average molecular weight is 388 g/mol. The van der Waals surface area contributed by atoms with E-state index in [2.05, 4.69) is 27.7 Å². The van der Waals surface area contributed by atoms with Gasteiger partial charge in [-0.25, -0.2) is 4.39 Å². The summed E-state index contributed by atoms with van der Waals surface area (Å²) >= 11 is 0. The molecule has 4 fully saturated rings. The Labute approximate surface area is 168 Å². The molecule has 4 aliphatic heterocycles. The fourth-order valence-corrected chi connectivity index (χ4v) is 6.05. The third-order valence-corrected chi connectivity index (χ3v) is 7.87. The zero-order valence-corrected chi connectivity index (χ0v) is 17.2. The number of anilines is 2. The van der Waals surface area contributed by atoms with Gasteiger partial charge in [0.1, 0.15) is 5.82 Å². The molecule has 0 saturated carbocycles. The predicted octanol–water partition coefficient (Wildman–Crippen LogP) is 3.90. The van der Waals surface area contributed by atoms with E-state index in [-0.39, 0.29) is 5.82 Å². The lowest BCUT2D eigenvalue weighted by Gasteiger charge is -2.33. The Kier molecular flexibility index (Phi) is 5.00. The van der Waals surface area contributed by atoms with Crippen LogP contribution in [-0.2, 0) is 4.74 Å². The van der Waals surface area contributed by atoms with Crippen LogP contribution in [0.5, 0.6) is 0 Å². The van der Waals surface area contributed by atoms with Crippen LogP contribution in [0.2, 0.25) is 0 Å². The minimum Gasteiger partial charge on any atom is -0.381 e. The highest BCUT2D eigenvalue weighted by molar-refractivity contribution is 5.58. The fourth-order valence-electron chi connectivity index (χ4n) is 6.05. The maximum Gasteiger partial charge on any atom is 0.148 e. The summed E-state index contributed by atoms with van der Waals surface area (Å²) in [6.45, 7) is 9.33. The second-order valence-electron chi connectivity index (χ2n) is 9.54. The van der Waals surface area contributed by atoms with Crippen molar-refractivity contribution in [3.05, 3.63) is 24.0 Å². The van der Waals surface area contributed by atoms with Crippen molar-refractivity contribution in [1.82, 2.24) is 4.90 Å². The van der Waals surface area contributed by atoms with Crippen molar-refractivity contribution in [2.45, 2.75) is 57.5 Å². The molecule has 0 amide bonds. The lowest BCUT2D eigenvalue weighted by Crippen LogP contribution is -2.39. The monoisotopic (exact) mass is 387 g/mol. The minimum atomic E-state index is -0.0559. The molecule has 0 aliphatic carbocycles. The molecule has 5 rings (SSSR count). The normalized spacial score (nSPS) is 30.6. The Hall–Kier alpha value is -1.33. The number of rotatable bonds is 3. The van der Waals surface area contributed by atoms with E-state index in [0.29, 0.717) is 17.5 Å². The Balaban J connectivity index is 1.26. The molecule has 1 aromatic rings. The van der Waals surface area contributed by atoms with Crippen molar-refractivity contribution in [3.8, 4) is 0 Å². The standard InChI is InChI=1S/C23H34FN3O/c1-18-3-2-10-27(18)20-6-11-25(16-20)19-4-5-22(21(24)15-19)26-12-7-23(17-26)8-13-28-14-9-23/h4-5,15,18,20H,2-3,6-14,16-17H2,1H3/t18-,20-/m0/s1. The van der Waals surface area contributed by atoms with Crippen LogP contribution in [0, 0.1) is 11.2 Å². The van der Waals surface area contributed by atoms with E-state index in [4.69, 9.17) is 4.74 Å². The predicted molar refractivity (Wildman–Crippen MR) is 112 cm³/mol. The van der Waals surface area contributed by atoms with Crippen LogP contribution in [0.15, 0.2) is 18.2 Å². The topological polar surface area (TPSA) is 19.0 Å². The Morgan fingerprint density at radius 2 is 1.89 bits per heavy atom. The SMILES string of the molecule is C[C@H]1CCCN1[C@H]1CCN(c2ccc(N3CCC4(CCOCC4)C3)c(F)c2)C1. The van der Waals surface area contributed by atoms with Gasteiger partial charge in [0.25, 0.3) is 0 Å². The van der Waals surface area contributed by atoms with Gasteiger partial charge in [0.15, 0.2) is 0 Å². The van der Waals surface area contributed by atoms with Crippen molar-refractivity contribution < 1.29 is 9.13 Å². The van der Waals surface area contributed by atoms with Crippen LogP contribution in [0.4, 0.5) is 15.8 Å². The van der Waals surface area contributed by atoms with Gasteiger partial charge in [0.2, 0.25) is 0 Å². The van der Waals surface area contributed by atoms with Gasteiger partial charge in [0.05, 0.1) is 5.69 Å². The van der Waals surface area contributed by atoms with Gasteiger partial charge in [-0.05, 0) is 75.6 Å². The summed E-state index contributed by atoms with van der Waals surface area (Å²) in [4.78, 5) is 7.32. The van der Waals surface area contributed by atoms with Crippen LogP contribution in [-0.4, -0.2) is 62.9 Å². The maximum atomic E-state index is 15.1. The number of hydrogen-bond acceptors (Lipinski definition) is 4. The van der Waals surface area contributed by atoms with Crippen molar-refractivity contribution in [2.24, 2.45) is 5.41 Å². The molecule has 0 aromatic heterocycles. The zero-order valence-electron chi connectivity index (χ0n) is 17.2. The van der Waals surface area contributed by atoms with Gasteiger partial charge in [-0.15, -0.1) is 0 Å². The first-order valence-corrected chi connectivity index (χ1v) is 11.3. The van der Waals surface area contributed by atoms with Gasteiger partial charge in [-0.2, -0.15) is 0 Å². The van der Waals surface area contributed by atoms with E-state index in [1.807, 2.05) is 6.07 Å². The zero-order chi connectivity index (χ0) is 19.1. The maximum absolute atomic E-state index is 15.1. The van der Waals surface area contributed by atoms with E-state index < -0.39 is 0 Å². The fraction of sp³-hybridized carbons (Fsp3) is 0.739. The summed E-state index contributed by atoms with van der Waals surface area (Å²) in [6, 6.07) is 7.28. The van der Waals surface area contributed by atoms with Crippen molar-refractivity contribution in [1.29, 1.82) is 0 Å². The molecule has 2 atom stereocenters. The third kappa shape index (κ3) is 3.41. The Morgan fingerprint density at radius 1 is 1.04 bits per heavy atom. The summed E-state index contributed by atoms with van der Waals surface area (Å²) in [5.41, 5.74) is 2.18. The first-order valence-electron chi connectivity index (χ1n) is 11.3. The van der Waals surface area contributed by atoms with Crippen molar-refractivity contribution in [2.75, 3.05) is 55.7 Å². The third-order valence-electron chi connectivity index (χ3n) is 7.87. The lowest BCUT2D eigenvalue weighted by atomic mass is 9.80. The van der Waals surface area contributed by atoms with Crippen LogP contribution in [0.25, 0.3) is 0 Å². The van der Waals surface area contributed by atoms with Gasteiger partial charge in [-0.1, -0.05) is 0 Å². The van der Waals surface area contributed by atoms with E-state index in [9.17, 15) is 0 Å². The molecule has 28 heavy (non-hydrogen) atoms. The second-order valence-corrected chi connectivity index (χ2v) is 9.54. The molecule has 0 unspecified atom stereocenters. The van der Waals surface area contributed by atoms with Crippen LogP contribution in [0.3, 0.4) is 0 Å². The minimum absolute atomic E-state index is 0.0559. The lowest BCUT2D eigenvalue weighted by molar-refractivity contribution is 0.0254. The number of hydrogen-bond donors (Lipinski definition) is 0. The number of ether oxygens (including phenoxy) is 1. The van der Waals surface area contributed by atoms with E-state index in [1.165, 1.54) is 32.2 Å². The first-order chi connectivity index (χ1) is 13.6. The van der Waals surface area contributed by atoms with Crippen molar-refractivity contribution in [3.63, 3.8) is 0 Å². The number of nitrogens with zero attached hydrogens (tertiary/aromatic N) is 3. The highest BCUT2D eigenvalue weighted by atomic mass is 19.1. The molecular formula is C23H34FN3O. The Bertz CT molecular complexity index is 705. The second kappa shape index (κ2) is 7.49. The molecular weight excluding hydrogens is 353 g/mol. The molecule has 0 N–H and O–H groups in total. The number of likely N-dealkylation sites (tertiary alicyclic amines) is 1. The molecule has 0 radical (unpaired) electrons. The summed E-state index contributed by atoms with van der Waals surface area (Å²) in [6.07, 6.45) is 7.25.